The zero-order valence-electron chi connectivity index (χ0n) is 19.1. The van der Waals surface area contributed by atoms with Crippen LogP contribution in [0.15, 0.2) is 63.5 Å². The summed E-state index contributed by atoms with van der Waals surface area (Å²) < 4.78 is 16.6. The first kappa shape index (κ1) is 22.3. The Morgan fingerprint density at radius 1 is 1.14 bits per heavy atom. The fourth-order valence-electron chi connectivity index (χ4n) is 3.85. The predicted octanol–water partition coefficient (Wildman–Crippen LogP) is 5.55. The van der Waals surface area contributed by atoms with Gasteiger partial charge in [0.1, 0.15) is 34.2 Å². The number of aliphatic carboxylic acids is 1. The lowest BCUT2D eigenvalue weighted by atomic mass is 10.0. The summed E-state index contributed by atoms with van der Waals surface area (Å²) in [6.07, 6.45) is 0.0590. The maximum absolute atomic E-state index is 12.5. The van der Waals surface area contributed by atoms with Gasteiger partial charge in [0.25, 0.3) is 0 Å². The van der Waals surface area contributed by atoms with Crippen molar-refractivity contribution < 1.29 is 28.4 Å². The van der Waals surface area contributed by atoms with Gasteiger partial charge in [-0.05, 0) is 62.4 Å². The quantitative estimate of drug-likeness (QED) is 0.367. The number of ether oxygens (including phenoxy) is 1. The lowest BCUT2D eigenvalue weighted by Crippen LogP contribution is -2.18. The van der Waals surface area contributed by atoms with Crippen LogP contribution in [-0.4, -0.2) is 22.3 Å². The van der Waals surface area contributed by atoms with Gasteiger partial charge in [0.2, 0.25) is 5.76 Å². The van der Waals surface area contributed by atoms with Crippen molar-refractivity contribution in [1.82, 2.24) is 5.16 Å². The number of amides is 1. The number of nitrogens with one attached hydrogen (secondary N) is 1. The van der Waals surface area contributed by atoms with E-state index in [4.69, 9.17) is 13.7 Å². The second kappa shape index (κ2) is 8.69. The largest absolute Gasteiger partial charge is 0.480 e. The highest BCUT2D eigenvalue weighted by Crippen LogP contribution is 2.49. The van der Waals surface area contributed by atoms with Gasteiger partial charge < -0.3 is 18.8 Å². The van der Waals surface area contributed by atoms with Crippen LogP contribution in [0.5, 0.6) is 0 Å². The summed E-state index contributed by atoms with van der Waals surface area (Å²) in [6, 6.07) is 16.6. The third kappa shape index (κ3) is 4.36. The zero-order chi connectivity index (χ0) is 24.6. The van der Waals surface area contributed by atoms with Gasteiger partial charge in [0.15, 0.2) is 0 Å². The number of anilines is 1. The van der Waals surface area contributed by atoms with Crippen molar-refractivity contribution in [1.29, 1.82) is 0 Å². The first-order valence-corrected chi connectivity index (χ1v) is 11.1. The molecule has 1 aliphatic carbocycles. The molecule has 4 aromatic rings. The van der Waals surface area contributed by atoms with Crippen molar-refractivity contribution in [2.75, 3.05) is 5.32 Å². The van der Waals surface area contributed by atoms with Crippen molar-refractivity contribution in [3.63, 3.8) is 0 Å². The Morgan fingerprint density at radius 2 is 1.91 bits per heavy atom. The Morgan fingerprint density at radius 3 is 2.63 bits per heavy atom. The summed E-state index contributed by atoms with van der Waals surface area (Å²) >= 11 is 0. The number of carbonyl (C=O) groups excluding carboxylic acids is 1. The summed E-state index contributed by atoms with van der Waals surface area (Å²) in [5.41, 5.74) is 1.96. The fraction of sp³-hybridized carbons (Fsp3) is 0.222. The van der Waals surface area contributed by atoms with Crippen LogP contribution < -0.4 is 5.32 Å². The molecule has 2 N–H and O–H groups in total. The topological polar surface area (TPSA) is 115 Å². The molecule has 176 valence electrons. The highest BCUT2D eigenvalue weighted by molar-refractivity contribution is 5.88. The van der Waals surface area contributed by atoms with Gasteiger partial charge in [0.05, 0.1) is 0 Å². The van der Waals surface area contributed by atoms with Gasteiger partial charge >= 0.3 is 12.1 Å². The summed E-state index contributed by atoms with van der Waals surface area (Å²) in [6.45, 7) is 3.48. The Balaban J connectivity index is 1.33. The van der Waals surface area contributed by atoms with E-state index in [0.717, 1.165) is 10.9 Å². The minimum absolute atomic E-state index is 0.190. The van der Waals surface area contributed by atoms with Crippen LogP contribution in [0.25, 0.3) is 11.0 Å². The number of carbonyl (C=O) groups is 2. The Hall–Kier alpha value is -4.51. The molecular formula is C27H22N2O6. The number of aromatic nitrogens is 1. The second-order valence-electron chi connectivity index (χ2n) is 8.56. The molecule has 1 unspecified atom stereocenters. The van der Waals surface area contributed by atoms with Crippen LogP contribution in [0.3, 0.4) is 0 Å². The first-order chi connectivity index (χ1) is 16.9. The summed E-state index contributed by atoms with van der Waals surface area (Å²) in [4.78, 5) is 24.0. The van der Waals surface area contributed by atoms with E-state index in [9.17, 15) is 14.7 Å². The molecule has 1 atom stereocenters. The third-order valence-corrected chi connectivity index (χ3v) is 6.11. The molecule has 1 amide bonds. The molecule has 0 aliphatic heterocycles. The molecule has 35 heavy (non-hydrogen) atoms. The molecule has 0 spiro atoms. The number of benzene rings is 2. The number of carboxylic acid groups (broad SMARTS) is 1. The van der Waals surface area contributed by atoms with E-state index in [-0.39, 0.29) is 5.76 Å². The van der Waals surface area contributed by atoms with Crippen LogP contribution in [0.4, 0.5) is 10.5 Å². The van der Waals surface area contributed by atoms with Crippen LogP contribution >= 0.6 is 0 Å². The van der Waals surface area contributed by atoms with Crippen molar-refractivity contribution >= 4 is 28.7 Å². The summed E-state index contributed by atoms with van der Waals surface area (Å²) in [5, 5.41) is 16.9. The number of hydrogen-bond acceptors (Lipinski definition) is 6. The standard InChI is InChI=1S/C27H22N2O6/c1-16-24(28-26(32)33-17(2)19-6-4-3-5-7-19)21(35-29-16)11-9-18-8-10-20-15-23(34-22(20)14-18)27(12-13-27)25(30)31/h3-8,10,14-15,17H,12-13H2,1-2H3,(H,28,32)(H,30,31). The van der Waals surface area contributed by atoms with E-state index >= 15 is 0 Å². The van der Waals surface area contributed by atoms with Gasteiger partial charge in [-0.25, -0.2) is 4.79 Å². The highest BCUT2D eigenvalue weighted by Gasteiger charge is 2.54. The number of rotatable bonds is 5. The van der Waals surface area contributed by atoms with Gasteiger partial charge in [0, 0.05) is 10.9 Å². The minimum atomic E-state index is -0.907. The molecule has 8 nitrogen and oxygen atoms in total. The van der Waals surface area contributed by atoms with E-state index in [0.29, 0.717) is 41.1 Å². The number of furan rings is 1. The molecule has 8 heteroatoms. The molecule has 2 aromatic heterocycles. The van der Waals surface area contributed by atoms with Crippen molar-refractivity contribution in [2.24, 2.45) is 0 Å². The lowest BCUT2D eigenvalue weighted by Gasteiger charge is -2.13. The maximum atomic E-state index is 12.5. The number of aryl methyl sites for hydroxylation is 1. The van der Waals surface area contributed by atoms with Gasteiger partial charge in [-0.1, -0.05) is 41.4 Å². The molecule has 0 radical (unpaired) electrons. The van der Waals surface area contributed by atoms with Crippen molar-refractivity contribution in [3.05, 3.63) is 82.9 Å². The SMILES string of the molecule is Cc1noc(C#Cc2ccc3cc(C4(C(=O)O)CC4)oc3c2)c1NC(=O)OC(C)c1ccccc1. The second-order valence-corrected chi connectivity index (χ2v) is 8.56. The van der Waals surface area contributed by atoms with Crippen LogP contribution in [0.2, 0.25) is 0 Å². The normalized spacial score (nSPS) is 14.6. The fourth-order valence-corrected chi connectivity index (χ4v) is 3.85. The molecule has 0 saturated heterocycles. The average Bonchev–Trinajstić information content (AvgIpc) is 3.46. The zero-order valence-corrected chi connectivity index (χ0v) is 19.1. The van der Waals surface area contributed by atoms with Crippen LogP contribution in [-0.2, 0) is 14.9 Å². The molecular weight excluding hydrogens is 448 g/mol. The smallest absolute Gasteiger partial charge is 0.412 e. The molecule has 5 rings (SSSR count). The van der Waals surface area contributed by atoms with Gasteiger partial charge in [-0.3, -0.25) is 10.1 Å². The van der Waals surface area contributed by atoms with Crippen molar-refractivity contribution in [2.45, 2.75) is 38.2 Å². The van der Waals surface area contributed by atoms with Crippen molar-refractivity contribution in [3.8, 4) is 11.8 Å². The Labute approximate surface area is 200 Å². The predicted molar refractivity (Wildman–Crippen MR) is 127 cm³/mol. The van der Waals surface area contributed by atoms with E-state index in [2.05, 4.69) is 22.3 Å². The van der Waals surface area contributed by atoms with E-state index in [1.54, 1.807) is 32.0 Å². The minimum Gasteiger partial charge on any atom is -0.480 e. The van der Waals surface area contributed by atoms with E-state index in [1.165, 1.54) is 0 Å². The van der Waals surface area contributed by atoms with E-state index < -0.39 is 23.6 Å². The maximum Gasteiger partial charge on any atom is 0.412 e. The van der Waals surface area contributed by atoms with E-state index in [1.807, 2.05) is 36.4 Å². The number of fused-ring (bicyclic) bond motifs is 1. The molecule has 2 heterocycles. The average molecular weight is 470 g/mol. The van der Waals surface area contributed by atoms with Gasteiger partial charge in [-0.2, -0.15) is 0 Å². The Bertz CT molecular complexity index is 1480. The molecule has 0 bridgehead atoms. The number of carboxylic acids is 1. The molecule has 1 saturated carbocycles. The third-order valence-electron chi connectivity index (χ3n) is 6.11. The van der Waals surface area contributed by atoms with Gasteiger partial charge in [-0.15, -0.1) is 0 Å². The number of hydrogen-bond donors (Lipinski definition) is 2. The molecule has 1 aliphatic rings. The summed E-state index contributed by atoms with van der Waals surface area (Å²) in [5.74, 6) is 5.66. The molecule has 1 fully saturated rings. The molecule has 2 aromatic carbocycles. The number of nitrogens with zero attached hydrogens (tertiary/aromatic N) is 1. The lowest BCUT2D eigenvalue weighted by molar-refractivity contribution is -0.140. The first-order valence-electron chi connectivity index (χ1n) is 11.1. The van der Waals surface area contributed by atoms with Crippen LogP contribution in [0.1, 0.15) is 54.2 Å². The van der Waals surface area contributed by atoms with Crippen LogP contribution in [0, 0.1) is 18.8 Å². The monoisotopic (exact) mass is 470 g/mol. The highest BCUT2D eigenvalue weighted by atomic mass is 16.6. The summed E-state index contributed by atoms with van der Waals surface area (Å²) in [7, 11) is 0. The Kier molecular flexibility index (Phi) is 5.53.